The number of hydrogen-bond donors (Lipinski definition) is 0. The quantitative estimate of drug-likeness (QED) is 0.0683. The van der Waals surface area contributed by atoms with Gasteiger partial charge in [0.1, 0.15) is 0 Å². The Morgan fingerprint density at radius 1 is 0.610 bits per heavy atom. The number of hydrogen-bond acceptors (Lipinski definition) is 4. The van der Waals surface area contributed by atoms with E-state index in [4.69, 9.17) is 4.52 Å². The van der Waals surface area contributed by atoms with Gasteiger partial charge in [-0.25, -0.2) is 0 Å². The Balaban J connectivity index is 2.40. The number of rotatable bonds is 24. The molecule has 0 saturated carbocycles. The van der Waals surface area contributed by atoms with Crippen LogP contribution in [0.15, 0.2) is 24.3 Å². The zero-order valence-electron chi connectivity index (χ0n) is 26.9. The van der Waals surface area contributed by atoms with Gasteiger partial charge in [-0.05, 0) is 0 Å². The van der Waals surface area contributed by atoms with Crippen LogP contribution >= 0.6 is 6.83 Å². The van der Waals surface area contributed by atoms with E-state index in [1.807, 2.05) is 12.1 Å². The van der Waals surface area contributed by atoms with Crippen LogP contribution in [0.25, 0.3) is 0 Å². The molecule has 0 radical (unpaired) electrons. The summed E-state index contributed by atoms with van der Waals surface area (Å²) in [5.41, 5.74) is 0.964. The summed E-state index contributed by atoms with van der Waals surface area (Å²) in [6, 6.07) is 7.15. The molecule has 0 unspecified atom stereocenters. The number of fused-ring (bicyclic) bond motifs is 1. The molecule has 0 N–H and O–H groups in total. The number of carbonyl (C=O) groups is 3. The molecule has 0 atom stereocenters. The number of imide groups is 1. The first-order valence-corrected chi connectivity index (χ1v) is 19.9. The molecule has 0 fully saturated rings. The van der Waals surface area contributed by atoms with Gasteiger partial charge in [-0.15, -0.1) is 0 Å². The molecule has 5 nitrogen and oxygen atoms in total. The summed E-state index contributed by atoms with van der Waals surface area (Å²) in [7, 11) is 0. The van der Waals surface area contributed by atoms with E-state index < -0.39 is 6.83 Å². The molecule has 41 heavy (non-hydrogen) atoms. The van der Waals surface area contributed by atoms with Crippen LogP contribution in [0.1, 0.15) is 164 Å². The fourth-order valence-electron chi connectivity index (χ4n) is 6.68. The van der Waals surface area contributed by atoms with Gasteiger partial charge in [0.2, 0.25) is 0 Å². The van der Waals surface area contributed by atoms with Gasteiger partial charge in [0.15, 0.2) is 0 Å². The first kappa shape index (κ1) is 35.5. The van der Waals surface area contributed by atoms with Gasteiger partial charge in [-0.3, -0.25) is 0 Å². The molecule has 0 aliphatic carbocycles. The van der Waals surface area contributed by atoms with Gasteiger partial charge in [0.05, 0.1) is 0 Å². The van der Waals surface area contributed by atoms with Crippen molar-refractivity contribution in [2.75, 3.05) is 24.8 Å². The third-order valence-electron chi connectivity index (χ3n) is 9.00. The van der Waals surface area contributed by atoms with Crippen LogP contribution in [0.3, 0.4) is 0 Å². The van der Waals surface area contributed by atoms with E-state index in [1.165, 1.54) is 88.9 Å². The number of nitrogens with zero attached hydrogens (tertiary/aromatic N) is 1. The van der Waals surface area contributed by atoms with E-state index in [9.17, 15) is 14.4 Å². The second-order valence-corrected chi connectivity index (χ2v) is 18.2. The van der Waals surface area contributed by atoms with Crippen molar-refractivity contribution in [3.8, 4) is 0 Å². The molecule has 1 heterocycles. The maximum absolute atomic E-state index is 13.6. The van der Waals surface area contributed by atoms with Crippen LogP contribution in [0, 0.1) is 0 Å². The first-order chi connectivity index (χ1) is 19.8. The zero-order chi connectivity index (χ0) is 30.0. The molecular weight excluding hydrogens is 529 g/mol. The number of amides is 2. The summed E-state index contributed by atoms with van der Waals surface area (Å²) in [5, 5.41) is 0. The van der Waals surface area contributed by atoms with Crippen LogP contribution in [0.4, 0.5) is 0 Å². The van der Waals surface area contributed by atoms with Crippen molar-refractivity contribution in [2.24, 2.45) is 0 Å². The molecule has 1 aliphatic rings. The van der Waals surface area contributed by atoms with Gasteiger partial charge in [0.25, 0.3) is 0 Å². The summed E-state index contributed by atoms with van der Waals surface area (Å²) >= 11 is 0. The van der Waals surface area contributed by atoms with Crippen LogP contribution < -0.4 is 0 Å². The molecule has 0 aromatic heterocycles. The van der Waals surface area contributed by atoms with Crippen molar-refractivity contribution in [1.82, 2.24) is 4.90 Å². The van der Waals surface area contributed by atoms with E-state index in [2.05, 4.69) is 20.8 Å². The van der Waals surface area contributed by atoms with Gasteiger partial charge in [-0.2, -0.15) is 0 Å². The average molecular weight is 590 g/mol. The van der Waals surface area contributed by atoms with Crippen LogP contribution in [-0.4, -0.2) is 47.5 Å². The molecule has 0 bridgehead atoms. The SMILES string of the molecule is CCCCCCCCP(CCCCCCCC)(CCCCCCCC)(CN1C(=O)c2ccccc2C1=O)OC(C)=O. The van der Waals surface area contributed by atoms with Gasteiger partial charge in [0, 0.05) is 0 Å². The molecule has 234 valence electrons. The predicted molar refractivity (Wildman–Crippen MR) is 175 cm³/mol. The molecule has 1 aromatic rings. The third kappa shape index (κ3) is 11.1. The fourth-order valence-corrected chi connectivity index (χ4v) is 12.9. The molecule has 1 aromatic carbocycles. The average Bonchev–Trinajstić information content (AvgIpc) is 3.19. The van der Waals surface area contributed by atoms with Crippen LogP contribution in [0.2, 0.25) is 0 Å². The fraction of sp³-hybridized carbons (Fsp3) is 0.743. The van der Waals surface area contributed by atoms with Gasteiger partial charge >= 0.3 is 252 Å². The van der Waals surface area contributed by atoms with E-state index in [0.717, 1.165) is 57.0 Å². The normalized spacial score (nSPS) is 14.2. The maximum atomic E-state index is 13.6. The molecule has 0 spiro atoms. The summed E-state index contributed by atoms with van der Waals surface area (Å²) in [5.74, 6) is -0.691. The molecule has 2 amide bonds. The second-order valence-electron chi connectivity index (χ2n) is 12.6. The third-order valence-corrected chi connectivity index (χ3v) is 15.1. The Kier molecular flexibility index (Phi) is 16.2. The number of unbranched alkanes of at least 4 members (excludes halogenated alkanes) is 15. The van der Waals surface area contributed by atoms with E-state index in [1.54, 1.807) is 12.1 Å². The van der Waals surface area contributed by atoms with Gasteiger partial charge in [-0.1, -0.05) is 0 Å². The Hall–Kier alpha value is -1.74. The van der Waals surface area contributed by atoms with Crippen molar-refractivity contribution in [2.45, 2.75) is 143 Å². The summed E-state index contributed by atoms with van der Waals surface area (Å²) in [6.07, 6.45) is 23.7. The van der Waals surface area contributed by atoms with Crippen molar-refractivity contribution < 1.29 is 18.9 Å². The summed E-state index contributed by atoms with van der Waals surface area (Å²) < 4.78 is 6.71. The second kappa shape index (κ2) is 18.7. The molecule has 6 heteroatoms. The summed E-state index contributed by atoms with van der Waals surface area (Å²) in [6.45, 7) is 4.95. The van der Waals surface area contributed by atoms with Crippen molar-refractivity contribution in [3.63, 3.8) is 0 Å². The van der Waals surface area contributed by atoms with E-state index >= 15 is 0 Å². The Labute approximate surface area is 251 Å². The van der Waals surface area contributed by atoms with Crippen LogP contribution in [-0.2, 0) is 9.32 Å². The standard InChI is InChI=1S/C35H60NO4P/c1-5-8-11-14-17-22-27-41(40-31(4)37,28-23-18-15-12-9-6-2,29-24-19-16-13-10-7-3)30-36-34(38)32-25-20-21-26-33(32)35(36)39/h20-21,25-26H,5-19,22-24,27-30H2,1-4H3. The minimum absolute atomic E-state index is 0.222. The minimum atomic E-state index is -3.28. The van der Waals surface area contributed by atoms with Crippen LogP contribution in [0.5, 0.6) is 0 Å². The van der Waals surface area contributed by atoms with Crippen molar-refractivity contribution in [1.29, 1.82) is 0 Å². The zero-order valence-corrected chi connectivity index (χ0v) is 27.8. The van der Waals surface area contributed by atoms with E-state index in [-0.39, 0.29) is 24.1 Å². The molecule has 2 rings (SSSR count). The topological polar surface area (TPSA) is 63.7 Å². The number of benzene rings is 1. The van der Waals surface area contributed by atoms with Crippen molar-refractivity contribution >= 4 is 24.6 Å². The van der Waals surface area contributed by atoms with Crippen molar-refractivity contribution in [3.05, 3.63) is 35.4 Å². The van der Waals surface area contributed by atoms with Gasteiger partial charge < -0.3 is 0 Å². The number of carbonyl (C=O) groups excluding carboxylic acids is 3. The first-order valence-electron chi connectivity index (χ1n) is 17.0. The predicted octanol–water partition coefficient (Wildman–Crippen LogP) is 10.4. The summed E-state index contributed by atoms with van der Waals surface area (Å²) in [4.78, 5) is 41.7. The Morgan fingerprint density at radius 3 is 1.29 bits per heavy atom. The van der Waals surface area contributed by atoms with E-state index in [0.29, 0.717) is 11.1 Å². The Morgan fingerprint density at radius 2 is 0.951 bits per heavy atom. The Bertz CT molecular complexity index is 867. The molecule has 1 aliphatic heterocycles. The monoisotopic (exact) mass is 589 g/mol. The molecule has 0 saturated heterocycles. The molecular formula is C35H60NO4P.